The Kier molecular flexibility index (Phi) is 5.35. The molecule has 4 rings (SSSR count). The molecule has 8 heteroatoms. The van der Waals surface area contributed by atoms with Crippen LogP contribution in [0.3, 0.4) is 0 Å². The van der Waals surface area contributed by atoms with Crippen molar-refractivity contribution in [3.63, 3.8) is 0 Å². The summed E-state index contributed by atoms with van der Waals surface area (Å²) in [6, 6.07) is 9.03. The van der Waals surface area contributed by atoms with Crippen LogP contribution in [0, 0.1) is 11.2 Å². The summed E-state index contributed by atoms with van der Waals surface area (Å²) in [7, 11) is 0. The molecule has 1 saturated carbocycles. The number of aliphatic carboxylic acids is 1. The Bertz CT molecular complexity index is 1010. The number of hydrogen-bond acceptors (Lipinski definition) is 3. The summed E-state index contributed by atoms with van der Waals surface area (Å²) in [6.45, 7) is 2.78. The molecular formula is C23H23F4NO3. The largest absolute Gasteiger partial charge is 0.573 e. The van der Waals surface area contributed by atoms with Crippen LogP contribution in [-0.2, 0) is 17.6 Å². The molecule has 2 aliphatic rings. The molecule has 0 amide bonds. The van der Waals surface area contributed by atoms with Gasteiger partial charge < -0.3 is 14.7 Å². The molecule has 4 nitrogen and oxygen atoms in total. The molecule has 2 aromatic rings. The predicted octanol–water partition coefficient (Wildman–Crippen LogP) is 5.30. The number of carboxylic acids is 1. The smallest absolute Gasteiger partial charge is 0.481 e. The van der Waals surface area contributed by atoms with Crippen LogP contribution >= 0.6 is 0 Å². The van der Waals surface area contributed by atoms with Crippen LogP contribution in [0.4, 0.5) is 23.2 Å². The number of ether oxygens (including phenoxy) is 1. The van der Waals surface area contributed by atoms with Crippen LogP contribution in [0.25, 0.3) is 0 Å². The summed E-state index contributed by atoms with van der Waals surface area (Å²) >= 11 is 0. The SMILES string of the molecule is CCC1(C(=O)O)CC1c1ccc2c(c1)CCN(c1cc(OC(F)(F)F)ccc1F)CC2. The van der Waals surface area contributed by atoms with Gasteiger partial charge >= 0.3 is 12.3 Å². The van der Waals surface area contributed by atoms with Gasteiger partial charge in [0.05, 0.1) is 11.1 Å². The lowest BCUT2D eigenvalue weighted by Gasteiger charge is -2.24. The molecule has 1 aliphatic carbocycles. The van der Waals surface area contributed by atoms with Crippen LogP contribution in [0.2, 0.25) is 0 Å². The molecule has 31 heavy (non-hydrogen) atoms. The van der Waals surface area contributed by atoms with Crippen LogP contribution in [0.15, 0.2) is 36.4 Å². The van der Waals surface area contributed by atoms with Crippen molar-refractivity contribution in [1.29, 1.82) is 0 Å². The van der Waals surface area contributed by atoms with E-state index >= 15 is 0 Å². The van der Waals surface area contributed by atoms with Gasteiger partial charge in [0.15, 0.2) is 0 Å². The Hall–Kier alpha value is -2.77. The predicted molar refractivity (Wildman–Crippen MR) is 107 cm³/mol. The lowest BCUT2D eigenvalue weighted by atomic mass is 9.93. The maximum Gasteiger partial charge on any atom is 0.573 e. The first-order valence-corrected chi connectivity index (χ1v) is 10.3. The zero-order valence-corrected chi connectivity index (χ0v) is 17.0. The molecule has 1 fully saturated rings. The van der Waals surface area contributed by atoms with Gasteiger partial charge in [0, 0.05) is 25.1 Å². The van der Waals surface area contributed by atoms with Crippen molar-refractivity contribution in [2.24, 2.45) is 5.41 Å². The molecule has 0 bridgehead atoms. The maximum atomic E-state index is 14.4. The number of nitrogens with zero attached hydrogens (tertiary/aromatic N) is 1. The third kappa shape index (κ3) is 4.20. The van der Waals surface area contributed by atoms with Gasteiger partial charge in [-0.05, 0) is 54.5 Å². The van der Waals surface area contributed by atoms with E-state index in [0.717, 1.165) is 34.9 Å². The molecule has 1 aliphatic heterocycles. The second-order valence-electron chi connectivity index (χ2n) is 8.25. The highest BCUT2D eigenvalue weighted by Gasteiger charge is 2.59. The van der Waals surface area contributed by atoms with Crippen molar-refractivity contribution in [2.75, 3.05) is 18.0 Å². The zero-order chi connectivity index (χ0) is 22.4. The molecule has 2 aromatic carbocycles. The summed E-state index contributed by atoms with van der Waals surface area (Å²) < 4.78 is 55.9. The fourth-order valence-corrected chi connectivity index (χ4v) is 4.66. The van der Waals surface area contributed by atoms with Gasteiger partial charge in [0.1, 0.15) is 11.6 Å². The minimum absolute atomic E-state index is 0.00620. The van der Waals surface area contributed by atoms with Crippen molar-refractivity contribution in [2.45, 2.75) is 44.9 Å². The second-order valence-corrected chi connectivity index (χ2v) is 8.25. The third-order valence-corrected chi connectivity index (χ3v) is 6.56. The summed E-state index contributed by atoms with van der Waals surface area (Å²) in [4.78, 5) is 13.4. The number of anilines is 1. The molecule has 2 atom stereocenters. The van der Waals surface area contributed by atoms with Crippen LogP contribution in [-0.4, -0.2) is 30.5 Å². The van der Waals surface area contributed by atoms with Crippen molar-refractivity contribution >= 4 is 11.7 Å². The summed E-state index contributed by atoms with van der Waals surface area (Å²) in [6.07, 6.45) is -2.44. The summed E-state index contributed by atoms with van der Waals surface area (Å²) in [5.41, 5.74) is 2.56. The monoisotopic (exact) mass is 437 g/mol. The Morgan fingerprint density at radius 1 is 1.16 bits per heavy atom. The molecule has 0 spiro atoms. The number of halogens is 4. The van der Waals surface area contributed by atoms with E-state index in [4.69, 9.17) is 0 Å². The Morgan fingerprint density at radius 3 is 2.48 bits per heavy atom. The van der Waals surface area contributed by atoms with E-state index in [9.17, 15) is 27.5 Å². The first-order chi connectivity index (χ1) is 14.6. The van der Waals surface area contributed by atoms with E-state index in [1.165, 1.54) is 0 Å². The summed E-state index contributed by atoms with van der Waals surface area (Å²) in [5, 5.41) is 9.58. The van der Waals surface area contributed by atoms with E-state index in [0.29, 0.717) is 38.8 Å². The maximum absolute atomic E-state index is 14.4. The first kappa shape index (κ1) is 21.5. The van der Waals surface area contributed by atoms with Crippen molar-refractivity contribution < 1.29 is 32.2 Å². The lowest BCUT2D eigenvalue weighted by Crippen LogP contribution is -2.27. The average Bonchev–Trinajstić information content (AvgIpc) is 3.48. The minimum Gasteiger partial charge on any atom is -0.481 e. The Labute approximate surface area is 177 Å². The normalized spacial score (nSPS) is 23.1. The molecule has 0 aromatic heterocycles. The van der Waals surface area contributed by atoms with Gasteiger partial charge in [-0.1, -0.05) is 25.1 Å². The molecule has 1 N–H and O–H groups in total. The van der Waals surface area contributed by atoms with Crippen LogP contribution in [0.5, 0.6) is 5.75 Å². The van der Waals surface area contributed by atoms with Gasteiger partial charge in [-0.25, -0.2) is 4.39 Å². The van der Waals surface area contributed by atoms with E-state index in [-0.39, 0.29) is 11.6 Å². The number of alkyl halides is 3. The average molecular weight is 437 g/mol. The van der Waals surface area contributed by atoms with Crippen molar-refractivity contribution in [1.82, 2.24) is 0 Å². The summed E-state index contributed by atoms with van der Waals surface area (Å²) in [5.74, 6) is -1.83. The van der Waals surface area contributed by atoms with Crippen molar-refractivity contribution in [3.05, 3.63) is 58.9 Å². The van der Waals surface area contributed by atoms with Crippen LogP contribution < -0.4 is 9.64 Å². The number of hydrogen-bond donors (Lipinski definition) is 1. The third-order valence-electron chi connectivity index (χ3n) is 6.56. The number of benzene rings is 2. The topological polar surface area (TPSA) is 49.8 Å². The Morgan fingerprint density at radius 2 is 1.87 bits per heavy atom. The fourth-order valence-electron chi connectivity index (χ4n) is 4.66. The highest BCUT2D eigenvalue weighted by atomic mass is 19.4. The molecule has 1 heterocycles. The molecule has 166 valence electrons. The highest BCUT2D eigenvalue weighted by molar-refractivity contribution is 5.80. The zero-order valence-electron chi connectivity index (χ0n) is 17.0. The van der Waals surface area contributed by atoms with Gasteiger partial charge in [-0.3, -0.25) is 4.79 Å². The van der Waals surface area contributed by atoms with E-state index < -0.39 is 29.3 Å². The molecule has 0 saturated heterocycles. The van der Waals surface area contributed by atoms with Gasteiger partial charge in [0.25, 0.3) is 0 Å². The van der Waals surface area contributed by atoms with E-state index in [2.05, 4.69) is 4.74 Å². The first-order valence-electron chi connectivity index (χ1n) is 10.3. The fraction of sp³-hybridized carbons (Fsp3) is 0.435. The molecule has 2 unspecified atom stereocenters. The number of rotatable bonds is 5. The second kappa shape index (κ2) is 7.73. The molecule has 0 radical (unpaired) electrons. The van der Waals surface area contributed by atoms with Gasteiger partial charge in [0.2, 0.25) is 0 Å². The number of carboxylic acid groups (broad SMARTS) is 1. The minimum atomic E-state index is -4.84. The quantitative estimate of drug-likeness (QED) is 0.645. The van der Waals surface area contributed by atoms with E-state index in [1.54, 1.807) is 4.90 Å². The lowest BCUT2D eigenvalue weighted by molar-refractivity contribution is -0.274. The Balaban J connectivity index is 1.53. The van der Waals surface area contributed by atoms with E-state index in [1.807, 2.05) is 25.1 Å². The highest BCUT2D eigenvalue weighted by Crippen LogP contribution is 2.61. The standard InChI is InChI=1S/C23H23F4NO3/c1-2-22(21(29)30)13-18(22)16-4-3-14-7-9-28(10-8-15(14)11-16)20-12-17(5-6-19(20)24)31-23(25,26)27/h3-6,11-12,18H,2,7-10,13H2,1H3,(H,29,30). The number of fused-ring (bicyclic) bond motifs is 1. The molecular weight excluding hydrogens is 414 g/mol. The van der Waals surface area contributed by atoms with Crippen LogP contribution in [0.1, 0.15) is 42.4 Å². The number of carbonyl (C=O) groups is 1. The van der Waals surface area contributed by atoms with Gasteiger partial charge in [-0.15, -0.1) is 13.2 Å². The van der Waals surface area contributed by atoms with Crippen molar-refractivity contribution in [3.8, 4) is 5.75 Å². The van der Waals surface area contributed by atoms with Gasteiger partial charge in [-0.2, -0.15) is 0 Å².